The van der Waals surface area contributed by atoms with Gasteiger partial charge in [-0.25, -0.2) is 4.39 Å². The van der Waals surface area contributed by atoms with E-state index in [9.17, 15) is 9.18 Å². The highest BCUT2D eigenvalue weighted by Crippen LogP contribution is 2.20. The molecule has 0 aromatic heterocycles. The first kappa shape index (κ1) is 18.3. The van der Waals surface area contributed by atoms with Crippen LogP contribution in [0.4, 0.5) is 4.39 Å². The maximum atomic E-state index is 12.8. The second kappa shape index (κ2) is 9.33. The van der Waals surface area contributed by atoms with Gasteiger partial charge in [0.25, 0.3) is 0 Å². The van der Waals surface area contributed by atoms with Gasteiger partial charge in [0, 0.05) is 23.6 Å². The van der Waals surface area contributed by atoms with Crippen molar-refractivity contribution >= 4 is 17.7 Å². The van der Waals surface area contributed by atoms with Crippen LogP contribution in [0.25, 0.3) is 0 Å². The van der Waals surface area contributed by atoms with Gasteiger partial charge in [-0.3, -0.25) is 4.79 Å². The molecule has 2 aromatic rings. The smallest absolute Gasteiger partial charge is 0.220 e. The molecular weight excluding hydrogens is 325 g/mol. The minimum atomic E-state index is -0.247. The number of halogens is 1. The van der Waals surface area contributed by atoms with Gasteiger partial charge in [0.2, 0.25) is 5.91 Å². The van der Waals surface area contributed by atoms with Crippen molar-refractivity contribution in [3.05, 3.63) is 59.4 Å². The number of carbonyl (C=O) groups is 1. The van der Waals surface area contributed by atoms with E-state index in [2.05, 4.69) is 11.4 Å². The molecule has 128 valence electrons. The first-order chi connectivity index (χ1) is 11.6. The Morgan fingerprint density at radius 1 is 1.21 bits per heavy atom. The highest BCUT2D eigenvalue weighted by Gasteiger charge is 2.05. The lowest BCUT2D eigenvalue weighted by Gasteiger charge is -2.10. The van der Waals surface area contributed by atoms with Gasteiger partial charge in [-0.15, -0.1) is 11.8 Å². The summed E-state index contributed by atoms with van der Waals surface area (Å²) in [7, 11) is 1.65. The molecule has 0 atom stereocenters. The summed E-state index contributed by atoms with van der Waals surface area (Å²) in [5.41, 5.74) is 2.27. The van der Waals surface area contributed by atoms with Gasteiger partial charge in [0.1, 0.15) is 11.6 Å². The first-order valence-electron chi connectivity index (χ1n) is 7.87. The summed E-state index contributed by atoms with van der Waals surface area (Å²) in [6, 6.07) is 12.3. The van der Waals surface area contributed by atoms with Gasteiger partial charge >= 0.3 is 0 Å². The van der Waals surface area contributed by atoms with Gasteiger partial charge in [-0.1, -0.05) is 17.7 Å². The van der Waals surface area contributed by atoms with Crippen LogP contribution in [0.1, 0.15) is 17.5 Å². The number of methoxy groups -OCH3 is 1. The van der Waals surface area contributed by atoms with Crippen molar-refractivity contribution in [2.24, 2.45) is 0 Å². The largest absolute Gasteiger partial charge is 0.496 e. The van der Waals surface area contributed by atoms with Gasteiger partial charge in [-0.2, -0.15) is 0 Å². The Morgan fingerprint density at radius 3 is 2.67 bits per heavy atom. The summed E-state index contributed by atoms with van der Waals surface area (Å²) in [5, 5.41) is 2.93. The van der Waals surface area contributed by atoms with E-state index in [0.717, 1.165) is 22.6 Å². The van der Waals surface area contributed by atoms with Crippen molar-refractivity contribution in [3.63, 3.8) is 0 Å². The van der Waals surface area contributed by atoms with Gasteiger partial charge in [-0.05, 0) is 49.2 Å². The summed E-state index contributed by atoms with van der Waals surface area (Å²) in [6.07, 6.45) is 1.18. The molecule has 0 bridgehead atoms. The number of rotatable bonds is 8. The number of aryl methyl sites for hydroxylation is 1. The highest BCUT2D eigenvalue weighted by molar-refractivity contribution is 7.99. The Morgan fingerprint density at radius 2 is 1.96 bits per heavy atom. The fourth-order valence-corrected chi connectivity index (χ4v) is 3.17. The quantitative estimate of drug-likeness (QED) is 0.734. The van der Waals surface area contributed by atoms with Crippen molar-refractivity contribution in [3.8, 4) is 5.75 Å². The zero-order valence-corrected chi connectivity index (χ0v) is 14.8. The molecule has 0 fully saturated rings. The SMILES string of the molecule is COc1ccc(C)cc1CCNC(=O)CCSc1ccc(F)cc1. The number of nitrogens with one attached hydrogen (secondary N) is 1. The Balaban J connectivity index is 1.70. The van der Waals surface area contributed by atoms with E-state index in [1.807, 2.05) is 19.1 Å². The summed E-state index contributed by atoms with van der Waals surface area (Å²) in [5.74, 6) is 1.30. The third-order valence-corrected chi connectivity index (χ3v) is 4.58. The van der Waals surface area contributed by atoms with E-state index in [4.69, 9.17) is 4.74 Å². The van der Waals surface area contributed by atoms with Crippen LogP contribution in [0, 0.1) is 12.7 Å². The van der Waals surface area contributed by atoms with Crippen molar-refractivity contribution < 1.29 is 13.9 Å². The van der Waals surface area contributed by atoms with Crippen LogP contribution in [-0.4, -0.2) is 25.3 Å². The monoisotopic (exact) mass is 347 g/mol. The topological polar surface area (TPSA) is 38.3 Å². The summed E-state index contributed by atoms with van der Waals surface area (Å²) < 4.78 is 18.2. The standard InChI is InChI=1S/C19H22FNO2S/c1-14-3-8-18(23-2)15(13-14)9-11-21-19(22)10-12-24-17-6-4-16(20)5-7-17/h3-8,13H,9-12H2,1-2H3,(H,21,22). The third kappa shape index (κ3) is 5.89. The lowest BCUT2D eigenvalue weighted by atomic mass is 10.1. The molecule has 0 aliphatic rings. The zero-order valence-electron chi connectivity index (χ0n) is 14.0. The molecule has 0 aliphatic carbocycles. The van der Waals surface area contributed by atoms with Crippen LogP contribution in [0.5, 0.6) is 5.75 Å². The van der Waals surface area contributed by atoms with E-state index >= 15 is 0 Å². The molecule has 2 rings (SSSR count). The molecule has 0 unspecified atom stereocenters. The van der Waals surface area contributed by atoms with Crippen molar-refractivity contribution in [2.45, 2.75) is 24.7 Å². The molecule has 0 spiro atoms. The number of benzene rings is 2. The molecule has 1 N–H and O–H groups in total. The Labute approximate surface area is 146 Å². The van der Waals surface area contributed by atoms with Crippen molar-refractivity contribution in [2.75, 3.05) is 19.4 Å². The highest BCUT2D eigenvalue weighted by atomic mass is 32.2. The predicted octanol–water partition coefficient (Wildman–Crippen LogP) is 3.98. The molecule has 1 amide bonds. The zero-order chi connectivity index (χ0) is 17.4. The number of carbonyl (C=O) groups excluding carboxylic acids is 1. The molecular formula is C19H22FNO2S. The number of hydrogen-bond donors (Lipinski definition) is 1. The van der Waals surface area contributed by atoms with E-state index in [1.54, 1.807) is 31.0 Å². The lowest BCUT2D eigenvalue weighted by molar-refractivity contribution is -0.120. The molecule has 0 saturated heterocycles. The maximum absolute atomic E-state index is 12.8. The molecule has 5 heteroatoms. The minimum absolute atomic E-state index is 0.0243. The average molecular weight is 347 g/mol. The predicted molar refractivity (Wildman–Crippen MR) is 96.2 cm³/mol. The molecule has 3 nitrogen and oxygen atoms in total. The van der Waals surface area contributed by atoms with E-state index < -0.39 is 0 Å². The number of ether oxygens (including phenoxy) is 1. The molecule has 24 heavy (non-hydrogen) atoms. The minimum Gasteiger partial charge on any atom is -0.496 e. The normalized spacial score (nSPS) is 10.5. The second-order valence-corrected chi connectivity index (χ2v) is 6.64. The Bertz CT molecular complexity index is 674. The van der Waals surface area contributed by atoms with Crippen molar-refractivity contribution in [1.29, 1.82) is 0 Å². The fourth-order valence-electron chi connectivity index (χ4n) is 2.32. The van der Waals surface area contributed by atoms with Gasteiger partial charge < -0.3 is 10.1 Å². The fraction of sp³-hybridized carbons (Fsp3) is 0.316. The van der Waals surface area contributed by atoms with Gasteiger partial charge in [0.15, 0.2) is 0 Å². The van der Waals surface area contributed by atoms with Crippen LogP contribution in [-0.2, 0) is 11.2 Å². The number of thioether (sulfide) groups is 1. The van der Waals surface area contributed by atoms with Crippen molar-refractivity contribution in [1.82, 2.24) is 5.32 Å². The number of amides is 1. The molecule has 0 saturated carbocycles. The summed E-state index contributed by atoms with van der Waals surface area (Å²) >= 11 is 1.55. The third-order valence-electron chi connectivity index (χ3n) is 3.56. The lowest BCUT2D eigenvalue weighted by Crippen LogP contribution is -2.26. The van der Waals surface area contributed by atoms with E-state index in [0.29, 0.717) is 18.7 Å². The average Bonchev–Trinajstić information content (AvgIpc) is 2.57. The van der Waals surface area contributed by atoms with Crippen LogP contribution < -0.4 is 10.1 Å². The van der Waals surface area contributed by atoms with E-state index in [-0.39, 0.29) is 11.7 Å². The van der Waals surface area contributed by atoms with Crippen LogP contribution >= 0.6 is 11.8 Å². The van der Waals surface area contributed by atoms with Crippen LogP contribution in [0.15, 0.2) is 47.4 Å². The second-order valence-electron chi connectivity index (χ2n) is 5.47. The molecule has 0 aliphatic heterocycles. The molecule has 0 radical (unpaired) electrons. The summed E-state index contributed by atoms with van der Waals surface area (Å²) in [6.45, 7) is 2.62. The first-order valence-corrected chi connectivity index (χ1v) is 8.85. The molecule has 2 aromatic carbocycles. The Hall–Kier alpha value is -2.01. The number of hydrogen-bond acceptors (Lipinski definition) is 3. The maximum Gasteiger partial charge on any atom is 0.220 e. The van der Waals surface area contributed by atoms with Gasteiger partial charge in [0.05, 0.1) is 7.11 Å². The summed E-state index contributed by atoms with van der Waals surface area (Å²) in [4.78, 5) is 12.8. The molecule has 0 heterocycles. The Kier molecular flexibility index (Phi) is 7.12. The van der Waals surface area contributed by atoms with Crippen LogP contribution in [0.2, 0.25) is 0 Å². The van der Waals surface area contributed by atoms with Crippen LogP contribution in [0.3, 0.4) is 0 Å². The van der Waals surface area contributed by atoms with E-state index in [1.165, 1.54) is 17.7 Å².